The average Bonchev–Trinajstić information content (AvgIpc) is 3.70. The van der Waals surface area contributed by atoms with E-state index in [0.29, 0.717) is 0 Å². The van der Waals surface area contributed by atoms with Crippen LogP contribution in [-0.4, -0.2) is 3.21 Å². The van der Waals surface area contributed by atoms with Crippen LogP contribution in [0.15, 0.2) is 103 Å². The minimum atomic E-state index is 0.111. The van der Waals surface area contributed by atoms with Gasteiger partial charge in [-0.25, -0.2) is 0 Å². The summed E-state index contributed by atoms with van der Waals surface area (Å²) in [6.45, 7) is 18.9. The summed E-state index contributed by atoms with van der Waals surface area (Å²) >= 11 is 1.46. The van der Waals surface area contributed by atoms with Gasteiger partial charge in [0.1, 0.15) is 0 Å². The van der Waals surface area contributed by atoms with Crippen LogP contribution in [0.5, 0.6) is 0 Å². The summed E-state index contributed by atoms with van der Waals surface area (Å²) in [7, 11) is 0. The van der Waals surface area contributed by atoms with Crippen molar-refractivity contribution in [1.29, 1.82) is 0 Å². The predicted octanol–water partition coefficient (Wildman–Crippen LogP) is 12.4. The summed E-state index contributed by atoms with van der Waals surface area (Å²) < 4.78 is 1.42. The van der Waals surface area contributed by atoms with Gasteiger partial charge in [-0.15, -0.1) is 33.7 Å². The van der Waals surface area contributed by atoms with Gasteiger partial charge in [-0.05, 0) is 30.1 Å². The van der Waals surface area contributed by atoms with Gasteiger partial charge >= 0.3 is 99.2 Å². The number of fused-ring (bicyclic) bond motifs is 3. The first-order valence-corrected chi connectivity index (χ1v) is 18.5. The van der Waals surface area contributed by atoms with E-state index in [1.54, 1.807) is 16.7 Å². The molecule has 46 heavy (non-hydrogen) atoms. The van der Waals surface area contributed by atoms with Gasteiger partial charge < -0.3 is 0 Å². The minimum absolute atomic E-state index is 0.111. The van der Waals surface area contributed by atoms with Gasteiger partial charge in [0.15, 0.2) is 0 Å². The van der Waals surface area contributed by atoms with E-state index in [9.17, 15) is 0 Å². The molecule has 0 atom stereocenters. The Balaban J connectivity index is 0.000000247. The molecule has 0 aliphatic heterocycles. The Kier molecular flexibility index (Phi) is 10.7. The molecule has 1 aliphatic rings. The average molecular weight is 683 g/mol. The van der Waals surface area contributed by atoms with Crippen molar-refractivity contribution in [3.8, 4) is 0 Å². The zero-order valence-corrected chi connectivity index (χ0v) is 31.8. The fraction of sp³-hybridized carbons (Fsp3) is 0.333. The van der Waals surface area contributed by atoms with Crippen LogP contribution in [0.3, 0.4) is 0 Å². The zero-order valence-electron chi connectivity index (χ0n) is 29.4. The SMILES string of the molecule is CCCc1c(C(C)(C)C)c(C2=CC=CC2)c2[cH-]c3cc(C(C)(C)C)ccc3c2c1CCC.[Zr]=[C](c1ccccc1)c1ccccc1. The molecule has 0 saturated heterocycles. The fourth-order valence-corrected chi connectivity index (χ4v) is 7.90. The molecule has 0 spiro atoms. The van der Waals surface area contributed by atoms with Gasteiger partial charge in [-0.2, -0.15) is 0 Å². The van der Waals surface area contributed by atoms with Crippen LogP contribution in [0.4, 0.5) is 0 Å². The Bertz CT molecular complexity index is 1840. The number of benzene rings is 4. The summed E-state index contributed by atoms with van der Waals surface area (Å²) in [4.78, 5) is 0. The predicted molar refractivity (Wildman–Crippen MR) is 200 cm³/mol. The quantitative estimate of drug-likeness (QED) is 0.150. The van der Waals surface area contributed by atoms with Crippen molar-refractivity contribution < 1.29 is 24.2 Å². The van der Waals surface area contributed by atoms with Gasteiger partial charge in [0.05, 0.1) is 0 Å². The number of hydrogen-bond acceptors (Lipinski definition) is 0. The molecule has 0 unspecified atom stereocenters. The Morgan fingerprint density at radius 1 is 0.739 bits per heavy atom. The molecule has 0 aromatic heterocycles. The molecule has 6 rings (SSSR count). The van der Waals surface area contributed by atoms with Crippen LogP contribution in [-0.2, 0) is 47.9 Å². The maximum atomic E-state index is 2.51. The second-order valence-corrected chi connectivity index (χ2v) is 16.1. The zero-order chi connectivity index (χ0) is 33.1. The molecule has 0 bridgehead atoms. The Morgan fingerprint density at radius 2 is 1.33 bits per heavy atom. The van der Waals surface area contributed by atoms with Gasteiger partial charge in [0.2, 0.25) is 0 Å². The Labute approximate surface area is 293 Å². The first-order chi connectivity index (χ1) is 22.0. The Morgan fingerprint density at radius 3 is 1.83 bits per heavy atom. The van der Waals surface area contributed by atoms with Crippen molar-refractivity contribution in [2.75, 3.05) is 0 Å². The van der Waals surface area contributed by atoms with E-state index in [1.165, 1.54) is 96.1 Å². The van der Waals surface area contributed by atoms with E-state index in [2.05, 4.69) is 159 Å². The Hall–Kier alpha value is -3.02. The van der Waals surface area contributed by atoms with E-state index in [0.717, 1.165) is 12.8 Å². The molecule has 5 aromatic carbocycles. The number of rotatable bonds is 7. The van der Waals surface area contributed by atoms with E-state index >= 15 is 0 Å². The van der Waals surface area contributed by atoms with Crippen LogP contribution in [0.2, 0.25) is 0 Å². The van der Waals surface area contributed by atoms with Gasteiger partial charge in [0, 0.05) is 0 Å². The van der Waals surface area contributed by atoms with E-state index < -0.39 is 0 Å². The van der Waals surface area contributed by atoms with Crippen molar-refractivity contribution in [2.24, 2.45) is 0 Å². The van der Waals surface area contributed by atoms with Crippen LogP contribution in [0.25, 0.3) is 27.1 Å². The summed E-state index contributed by atoms with van der Waals surface area (Å²) in [5.74, 6) is 0. The van der Waals surface area contributed by atoms with Crippen molar-refractivity contribution in [2.45, 2.75) is 98.3 Å². The summed E-state index contributed by atoms with van der Waals surface area (Å²) in [6.07, 6.45) is 12.7. The molecule has 0 N–H and O–H groups in total. The molecular formula is C45H51Zr-. The van der Waals surface area contributed by atoms with Crippen LogP contribution in [0.1, 0.15) is 114 Å². The summed E-state index contributed by atoms with van der Waals surface area (Å²) in [5.41, 5.74) is 12.2. The van der Waals surface area contributed by atoms with Crippen LogP contribution < -0.4 is 0 Å². The van der Waals surface area contributed by atoms with Gasteiger partial charge in [0.25, 0.3) is 0 Å². The monoisotopic (exact) mass is 681 g/mol. The third kappa shape index (κ3) is 7.26. The molecule has 0 fully saturated rings. The van der Waals surface area contributed by atoms with Crippen LogP contribution >= 0.6 is 0 Å². The maximum absolute atomic E-state index is 2.51. The van der Waals surface area contributed by atoms with Crippen molar-refractivity contribution >= 4 is 30.3 Å². The molecule has 0 saturated carbocycles. The van der Waals surface area contributed by atoms with Gasteiger partial charge in [-0.1, -0.05) is 132 Å². The van der Waals surface area contributed by atoms with Crippen molar-refractivity contribution in [3.63, 3.8) is 0 Å². The molecule has 0 nitrogen and oxygen atoms in total. The molecular weight excluding hydrogens is 632 g/mol. The molecule has 0 radical (unpaired) electrons. The summed E-state index contributed by atoms with van der Waals surface area (Å²) in [6, 6.07) is 30.8. The number of allylic oxidation sites excluding steroid dienone is 4. The van der Waals surface area contributed by atoms with E-state index in [-0.39, 0.29) is 10.8 Å². The van der Waals surface area contributed by atoms with Crippen LogP contribution in [0, 0.1) is 0 Å². The molecule has 1 heteroatoms. The molecule has 1 aliphatic carbocycles. The molecule has 236 valence electrons. The molecule has 0 amide bonds. The first-order valence-electron chi connectivity index (χ1n) is 17.2. The van der Waals surface area contributed by atoms with Gasteiger partial charge in [-0.3, -0.25) is 0 Å². The molecule has 0 heterocycles. The standard InChI is InChI=1S/C32H41.C13H10.Zr/c1-9-13-25-26(14-10-2)30(32(6,7)8)28(21-15-11-12-16-21)27-20-22-19-23(31(3,4)5)17-18-24(22)29(25)27;1-3-7-12(8-4-1)11-13-9-5-2-6-10-13;/h11-12,15,17-20H,9-10,13-14,16H2,1-8H3;1-10H;/q-1;;. The van der Waals surface area contributed by atoms with E-state index in [4.69, 9.17) is 0 Å². The second kappa shape index (κ2) is 14.4. The normalized spacial score (nSPS) is 13.2. The summed E-state index contributed by atoms with van der Waals surface area (Å²) in [5, 5.41) is 5.86. The number of aryl methyl sites for hydroxylation is 1. The topological polar surface area (TPSA) is 0 Å². The van der Waals surface area contributed by atoms with Crippen molar-refractivity contribution in [1.82, 2.24) is 0 Å². The third-order valence-electron chi connectivity index (χ3n) is 9.21. The molecule has 5 aromatic rings. The van der Waals surface area contributed by atoms with E-state index in [1.807, 2.05) is 0 Å². The second-order valence-electron chi connectivity index (χ2n) is 14.9. The fourth-order valence-electron chi connectivity index (χ4n) is 7.08. The van der Waals surface area contributed by atoms with Crippen molar-refractivity contribution in [3.05, 3.63) is 142 Å². The first kappa shape index (κ1) is 34.3. The number of hydrogen-bond donors (Lipinski definition) is 0. The third-order valence-corrected chi connectivity index (χ3v) is 10.6.